The Kier molecular flexibility index (Phi) is 6.80. The van der Waals surface area contributed by atoms with E-state index in [9.17, 15) is 14.0 Å². The third-order valence-electron chi connectivity index (χ3n) is 7.30. The van der Waals surface area contributed by atoms with Gasteiger partial charge in [-0.05, 0) is 74.6 Å². The van der Waals surface area contributed by atoms with Crippen LogP contribution in [0.2, 0.25) is 0 Å². The molecule has 0 aromatic heterocycles. The first kappa shape index (κ1) is 26.0. The maximum Gasteiger partial charge on any atom is 0.410 e. The van der Waals surface area contributed by atoms with E-state index in [-0.39, 0.29) is 31.0 Å². The van der Waals surface area contributed by atoms with Gasteiger partial charge in [-0.25, -0.2) is 9.18 Å². The van der Waals surface area contributed by atoms with Crippen LogP contribution < -0.4 is 10.1 Å². The second kappa shape index (κ2) is 9.93. The van der Waals surface area contributed by atoms with Crippen LogP contribution in [0.25, 0.3) is 10.8 Å². The van der Waals surface area contributed by atoms with Crippen LogP contribution in [0.15, 0.2) is 60.7 Å². The molecule has 2 aliphatic rings. The highest BCUT2D eigenvalue weighted by Gasteiger charge is 2.46. The van der Waals surface area contributed by atoms with Gasteiger partial charge in [-0.15, -0.1) is 0 Å². The molecule has 5 rings (SSSR count). The molecule has 38 heavy (non-hydrogen) atoms. The molecule has 2 atom stereocenters. The SMILES string of the molecule is Cc1ccc(OCC2CC(F)CN2C(=O)OC(C)(C)C)cc1C(=O)NC1(c2cccc3ccccc23)CC1. The summed E-state index contributed by atoms with van der Waals surface area (Å²) in [6.07, 6.45) is 0.285. The third-order valence-corrected chi connectivity index (χ3v) is 7.30. The Bertz CT molecular complexity index is 1360. The summed E-state index contributed by atoms with van der Waals surface area (Å²) in [4.78, 5) is 27.5. The first-order valence-corrected chi connectivity index (χ1v) is 13.2. The smallest absolute Gasteiger partial charge is 0.410 e. The quantitative estimate of drug-likeness (QED) is 0.416. The van der Waals surface area contributed by atoms with E-state index in [1.54, 1.807) is 32.9 Å². The lowest BCUT2D eigenvalue weighted by Gasteiger charge is -2.28. The van der Waals surface area contributed by atoms with Crippen molar-refractivity contribution in [2.45, 2.75) is 70.3 Å². The van der Waals surface area contributed by atoms with Crippen molar-refractivity contribution in [1.29, 1.82) is 0 Å². The average molecular weight is 519 g/mol. The van der Waals surface area contributed by atoms with Crippen molar-refractivity contribution in [3.8, 4) is 5.75 Å². The standard InChI is InChI=1S/C31H35FN2O4/c1-20-12-13-24(37-19-23-16-22(32)18-34(23)29(36)38-30(2,3)4)17-26(20)28(35)33-31(14-15-31)27-11-7-9-21-8-5-6-10-25(21)27/h5-13,17,22-23H,14-16,18-19H2,1-4H3,(H,33,35). The predicted molar refractivity (Wildman–Crippen MR) is 145 cm³/mol. The molecule has 2 fully saturated rings. The molecular weight excluding hydrogens is 483 g/mol. The molecular formula is C31H35FN2O4. The number of ether oxygens (including phenoxy) is 2. The molecule has 1 aliphatic carbocycles. The number of carbonyl (C=O) groups excluding carboxylic acids is 2. The van der Waals surface area contributed by atoms with Gasteiger partial charge in [0.05, 0.1) is 18.1 Å². The Morgan fingerprint density at radius 1 is 1.08 bits per heavy atom. The number of aryl methyl sites for hydroxylation is 1. The molecule has 2 amide bonds. The van der Waals surface area contributed by atoms with Crippen molar-refractivity contribution in [1.82, 2.24) is 10.2 Å². The number of likely N-dealkylation sites (tertiary alicyclic amines) is 1. The third kappa shape index (κ3) is 5.47. The number of hydrogen-bond donors (Lipinski definition) is 1. The second-order valence-corrected chi connectivity index (χ2v) is 11.5. The molecule has 7 heteroatoms. The highest BCUT2D eigenvalue weighted by Crippen LogP contribution is 2.48. The monoisotopic (exact) mass is 518 g/mol. The summed E-state index contributed by atoms with van der Waals surface area (Å²) in [5.41, 5.74) is 1.46. The Labute approximate surface area is 223 Å². The van der Waals surface area contributed by atoms with Crippen LogP contribution in [0, 0.1) is 6.92 Å². The first-order valence-electron chi connectivity index (χ1n) is 13.2. The second-order valence-electron chi connectivity index (χ2n) is 11.5. The predicted octanol–water partition coefficient (Wildman–Crippen LogP) is 6.29. The normalized spacial score (nSPS) is 20.3. The lowest BCUT2D eigenvalue weighted by atomic mass is 9.96. The van der Waals surface area contributed by atoms with Crippen molar-refractivity contribution >= 4 is 22.8 Å². The summed E-state index contributed by atoms with van der Waals surface area (Å²) in [5, 5.41) is 5.60. The lowest BCUT2D eigenvalue weighted by molar-refractivity contribution is 0.0181. The average Bonchev–Trinajstić information content (AvgIpc) is 3.54. The molecule has 0 radical (unpaired) electrons. The van der Waals surface area contributed by atoms with Gasteiger partial charge in [0.2, 0.25) is 0 Å². The van der Waals surface area contributed by atoms with Crippen LogP contribution in [0.5, 0.6) is 5.75 Å². The largest absolute Gasteiger partial charge is 0.491 e. The summed E-state index contributed by atoms with van der Waals surface area (Å²) in [5.74, 6) is 0.348. The van der Waals surface area contributed by atoms with E-state index < -0.39 is 23.9 Å². The zero-order valence-electron chi connectivity index (χ0n) is 22.4. The van der Waals surface area contributed by atoms with E-state index in [4.69, 9.17) is 9.47 Å². The molecule has 0 bridgehead atoms. The Morgan fingerprint density at radius 3 is 2.55 bits per heavy atom. The van der Waals surface area contributed by atoms with Gasteiger partial charge in [-0.1, -0.05) is 48.5 Å². The van der Waals surface area contributed by atoms with Crippen molar-refractivity contribution in [3.05, 3.63) is 77.4 Å². The highest BCUT2D eigenvalue weighted by molar-refractivity contribution is 5.97. The van der Waals surface area contributed by atoms with Gasteiger partial charge in [0.1, 0.15) is 24.1 Å². The van der Waals surface area contributed by atoms with E-state index >= 15 is 0 Å². The number of nitrogens with zero attached hydrogens (tertiary/aromatic N) is 1. The highest BCUT2D eigenvalue weighted by atomic mass is 19.1. The van der Waals surface area contributed by atoms with Crippen molar-refractivity contribution in [2.75, 3.05) is 13.2 Å². The van der Waals surface area contributed by atoms with Gasteiger partial charge in [-0.3, -0.25) is 9.69 Å². The number of hydrogen-bond acceptors (Lipinski definition) is 4. The van der Waals surface area contributed by atoms with Crippen LogP contribution in [-0.4, -0.2) is 47.9 Å². The number of fused-ring (bicyclic) bond motifs is 1. The van der Waals surface area contributed by atoms with Crippen LogP contribution in [0.3, 0.4) is 0 Å². The van der Waals surface area contributed by atoms with Gasteiger partial charge in [0.15, 0.2) is 0 Å². The number of rotatable bonds is 6. The number of benzene rings is 3. The van der Waals surface area contributed by atoms with Gasteiger partial charge in [0.25, 0.3) is 5.91 Å². The van der Waals surface area contributed by atoms with E-state index in [0.29, 0.717) is 11.3 Å². The van der Waals surface area contributed by atoms with E-state index in [1.807, 2.05) is 31.2 Å². The summed E-state index contributed by atoms with van der Waals surface area (Å²) in [7, 11) is 0. The van der Waals surface area contributed by atoms with Crippen LogP contribution in [0.4, 0.5) is 9.18 Å². The fraction of sp³-hybridized carbons (Fsp3) is 0.419. The first-order chi connectivity index (χ1) is 18.0. The summed E-state index contributed by atoms with van der Waals surface area (Å²) < 4.78 is 25.6. The molecule has 1 aliphatic heterocycles. The molecule has 1 saturated carbocycles. The summed E-state index contributed by atoms with van der Waals surface area (Å²) in [6, 6.07) is 19.4. The molecule has 3 aromatic rings. The maximum atomic E-state index is 14.2. The zero-order valence-corrected chi connectivity index (χ0v) is 22.4. The number of nitrogens with one attached hydrogen (secondary N) is 1. The Morgan fingerprint density at radius 2 is 1.82 bits per heavy atom. The summed E-state index contributed by atoms with van der Waals surface area (Å²) in [6.45, 7) is 7.34. The van der Waals surface area contributed by atoms with Gasteiger partial charge >= 0.3 is 6.09 Å². The number of carbonyl (C=O) groups is 2. The number of alkyl halides is 1. The van der Waals surface area contributed by atoms with Crippen molar-refractivity contribution < 1.29 is 23.5 Å². The minimum absolute atomic E-state index is 0.0132. The minimum Gasteiger partial charge on any atom is -0.491 e. The number of halogens is 1. The molecule has 1 N–H and O–H groups in total. The number of amides is 2. The molecule has 1 heterocycles. The molecule has 3 aromatic carbocycles. The van der Waals surface area contributed by atoms with Gasteiger partial charge in [-0.2, -0.15) is 0 Å². The van der Waals surface area contributed by atoms with Crippen LogP contribution >= 0.6 is 0 Å². The Hall–Kier alpha value is -3.61. The van der Waals surface area contributed by atoms with Gasteiger partial charge in [0, 0.05) is 12.0 Å². The fourth-order valence-corrected chi connectivity index (χ4v) is 5.20. The topological polar surface area (TPSA) is 67.9 Å². The maximum absolute atomic E-state index is 14.2. The van der Waals surface area contributed by atoms with Crippen LogP contribution in [0.1, 0.15) is 61.5 Å². The van der Waals surface area contributed by atoms with E-state index in [2.05, 4.69) is 29.6 Å². The van der Waals surface area contributed by atoms with Crippen LogP contribution in [-0.2, 0) is 10.3 Å². The summed E-state index contributed by atoms with van der Waals surface area (Å²) >= 11 is 0. The Balaban J connectivity index is 1.29. The minimum atomic E-state index is -1.13. The lowest BCUT2D eigenvalue weighted by Crippen LogP contribution is -2.42. The van der Waals surface area contributed by atoms with Crippen molar-refractivity contribution in [3.63, 3.8) is 0 Å². The molecule has 200 valence electrons. The molecule has 1 saturated heterocycles. The van der Waals surface area contributed by atoms with E-state index in [0.717, 1.165) is 34.7 Å². The van der Waals surface area contributed by atoms with Gasteiger partial charge < -0.3 is 14.8 Å². The fourth-order valence-electron chi connectivity index (χ4n) is 5.20. The molecule has 2 unspecified atom stereocenters. The van der Waals surface area contributed by atoms with Crippen molar-refractivity contribution in [2.24, 2.45) is 0 Å². The molecule has 0 spiro atoms. The van der Waals surface area contributed by atoms with E-state index in [1.165, 1.54) is 4.90 Å². The molecule has 6 nitrogen and oxygen atoms in total. The zero-order chi connectivity index (χ0) is 27.1.